The number of fused-ring (bicyclic) bond motifs is 1. The van der Waals surface area contributed by atoms with Gasteiger partial charge in [-0.15, -0.1) is 0 Å². The minimum absolute atomic E-state index is 0.453. The van der Waals surface area contributed by atoms with Crippen LogP contribution in [0.15, 0.2) is 6.07 Å². The molecule has 0 fully saturated rings. The first-order valence-electron chi connectivity index (χ1n) is 5.90. The number of nitrogens with two attached hydrogens (primary N) is 1. The third kappa shape index (κ3) is 2.10. The summed E-state index contributed by atoms with van der Waals surface area (Å²) in [7, 11) is 3.40. The van der Waals surface area contributed by atoms with Gasteiger partial charge in [0.2, 0.25) is 0 Å². The van der Waals surface area contributed by atoms with Crippen LogP contribution in [-0.4, -0.2) is 20.3 Å². The first-order valence-corrected chi connectivity index (χ1v) is 5.90. The van der Waals surface area contributed by atoms with Crippen molar-refractivity contribution in [1.82, 2.24) is 5.32 Å². The summed E-state index contributed by atoms with van der Waals surface area (Å²) in [6, 6.07) is 2.43. The van der Waals surface area contributed by atoms with Crippen molar-refractivity contribution in [1.29, 1.82) is 0 Å². The van der Waals surface area contributed by atoms with Gasteiger partial charge in [-0.05, 0) is 19.4 Å². The number of benzene rings is 1. The van der Waals surface area contributed by atoms with Crippen molar-refractivity contribution in [3.63, 3.8) is 0 Å². The van der Waals surface area contributed by atoms with Crippen molar-refractivity contribution in [2.45, 2.75) is 32.5 Å². The van der Waals surface area contributed by atoms with E-state index in [2.05, 4.69) is 12.2 Å². The molecule has 2 rings (SSSR count). The molecule has 0 aliphatic carbocycles. The summed E-state index contributed by atoms with van der Waals surface area (Å²) in [6.45, 7) is 3.46. The van der Waals surface area contributed by atoms with Crippen molar-refractivity contribution >= 4 is 0 Å². The molecule has 1 atom stereocenters. The maximum Gasteiger partial charge on any atom is 0.127 e. The molecule has 1 aromatic carbocycles. The van der Waals surface area contributed by atoms with Crippen LogP contribution in [0.3, 0.4) is 0 Å². The fraction of sp³-hybridized carbons (Fsp3) is 0.538. The Morgan fingerprint density at radius 1 is 1.35 bits per heavy atom. The van der Waals surface area contributed by atoms with E-state index in [1.165, 1.54) is 11.1 Å². The molecule has 0 saturated heterocycles. The fourth-order valence-corrected chi connectivity index (χ4v) is 2.44. The summed E-state index contributed by atoms with van der Waals surface area (Å²) in [5.74, 6) is 1.83. The monoisotopic (exact) mass is 236 g/mol. The van der Waals surface area contributed by atoms with E-state index in [-0.39, 0.29) is 0 Å². The van der Waals surface area contributed by atoms with Gasteiger partial charge in [-0.25, -0.2) is 0 Å². The molecule has 1 aromatic rings. The van der Waals surface area contributed by atoms with Gasteiger partial charge in [0.05, 0.1) is 14.2 Å². The molecule has 0 amide bonds. The van der Waals surface area contributed by atoms with E-state index in [1.807, 2.05) is 6.07 Å². The van der Waals surface area contributed by atoms with Crippen LogP contribution < -0.4 is 20.5 Å². The van der Waals surface area contributed by atoms with Crippen LogP contribution in [0.2, 0.25) is 0 Å². The number of hydrogen-bond donors (Lipinski definition) is 2. The SMILES string of the molecule is COc1cc(CN)c(OC)c2c1CNC(C)C2. The number of hydrogen-bond acceptors (Lipinski definition) is 4. The smallest absolute Gasteiger partial charge is 0.127 e. The maximum absolute atomic E-state index is 5.77. The molecule has 0 aromatic heterocycles. The second-order valence-corrected chi connectivity index (χ2v) is 4.42. The van der Waals surface area contributed by atoms with Crippen LogP contribution in [0.1, 0.15) is 23.6 Å². The molecule has 0 radical (unpaired) electrons. The Kier molecular flexibility index (Phi) is 3.54. The lowest BCUT2D eigenvalue weighted by Crippen LogP contribution is -2.33. The first kappa shape index (κ1) is 12.2. The number of rotatable bonds is 3. The summed E-state index contributed by atoms with van der Waals surface area (Å²) in [5.41, 5.74) is 9.21. The molecule has 0 saturated carbocycles. The van der Waals surface area contributed by atoms with Crippen molar-refractivity contribution in [3.05, 3.63) is 22.8 Å². The summed E-state index contributed by atoms with van der Waals surface area (Å²) in [5, 5.41) is 3.43. The molecule has 94 valence electrons. The summed E-state index contributed by atoms with van der Waals surface area (Å²) < 4.78 is 11.0. The summed E-state index contributed by atoms with van der Waals surface area (Å²) in [4.78, 5) is 0. The maximum atomic E-state index is 5.77. The predicted octanol–water partition coefficient (Wildman–Crippen LogP) is 1.20. The molecule has 0 spiro atoms. The summed E-state index contributed by atoms with van der Waals surface area (Å²) in [6.07, 6.45) is 0.947. The van der Waals surface area contributed by atoms with Crippen LogP contribution in [0.25, 0.3) is 0 Å². The Bertz CT molecular complexity index is 396. The molecular formula is C13H20N2O2. The molecule has 0 bridgehead atoms. The Hall–Kier alpha value is -1.26. The zero-order valence-electron chi connectivity index (χ0n) is 10.7. The Labute approximate surface area is 102 Å². The average Bonchev–Trinajstić information content (AvgIpc) is 2.36. The third-order valence-electron chi connectivity index (χ3n) is 3.31. The van der Waals surface area contributed by atoms with Crippen molar-refractivity contribution in [2.75, 3.05) is 14.2 Å². The molecule has 4 nitrogen and oxygen atoms in total. The highest BCUT2D eigenvalue weighted by Crippen LogP contribution is 2.36. The van der Waals surface area contributed by atoms with Crippen LogP contribution in [0.5, 0.6) is 11.5 Å². The fourth-order valence-electron chi connectivity index (χ4n) is 2.44. The zero-order valence-corrected chi connectivity index (χ0v) is 10.7. The van der Waals surface area contributed by atoms with Crippen molar-refractivity contribution in [3.8, 4) is 11.5 Å². The van der Waals surface area contributed by atoms with E-state index in [0.29, 0.717) is 12.6 Å². The molecule has 1 heterocycles. The van der Waals surface area contributed by atoms with Gasteiger partial charge >= 0.3 is 0 Å². The van der Waals surface area contributed by atoms with Crippen molar-refractivity contribution < 1.29 is 9.47 Å². The van der Waals surface area contributed by atoms with Gasteiger partial charge in [0.1, 0.15) is 11.5 Å². The molecule has 1 unspecified atom stereocenters. The van der Waals surface area contributed by atoms with Gasteiger partial charge in [-0.3, -0.25) is 0 Å². The highest BCUT2D eigenvalue weighted by molar-refractivity contribution is 5.55. The lowest BCUT2D eigenvalue weighted by molar-refractivity contribution is 0.376. The van der Waals surface area contributed by atoms with Crippen LogP contribution in [-0.2, 0) is 19.5 Å². The quantitative estimate of drug-likeness (QED) is 0.828. The molecular weight excluding hydrogens is 216 g/mol. The van der Waals surface area contributed by atoms with Crippen molar-refractivity contribution in [2.24, 2.45) is 5.73 Å². The minimum atomic E-state index is 0.453. The van der Waals surface area contributed by atoms with Gasteiger partial charge in [0.25, 0.3) is 0 Å². The Balaban J connectivity index is 2.59. The number of nitrogens with one attached hydrogen (secondary N) is 1. The van der Waals surface area contributed by atoms with Crippen LogP contribution >= 0.6 is 0 Å². The summed E-state index contributed by atoms with van der Waals surface area (Å²) >= 11 is 0. The highest BCUT2D eigenvalue weighted by atomic mass is 16.5. The molecule has 1 aliphatic heterocycles. The molecule has 1 aliphatic rings. The average molecular weight is 236 g/mol. The standard InChI is InChI=1S/C13H20N2O2/c1-8-4-10-11(7-15-8)12(16-2)5-9(6-14)13(10)17-3/h5,8,15H,4,6-7,14H2,1-3H3. The Morgan fingerprint density at radius 2 is 2.12 bits per heavy atom. The van der Waals surface area contributed by atoms with E-state index in [9.17, 15) is 0 Å². The van der Waals surface area contributed by atoms with E-state index in [0.717, 1.165) is 30.0 Å². The van der Waals surface area contributed by atoms with E-state index in [1.54, 1.807) is 14.2 Å². The Morgan fingerprint density at radius 3 is 2.71 bits per heavy atom. The first-order chi connectivity index (χ1) is 8.21. The molecule has 4 heteroatoms. The highest BCUT2D eigenvalue weighted by Gasteiger charge is 2.24. The lowest BCUT2D eigenvalue weighted by Gasteiger charge is -2.27. The van der Waals surface area contributed by atoms with Gasteiger partial charge in [-0.2, -0.15) is 0 Å². The zero-order chi connectivity index (χ0) is 12.4. The van der Waals surface area contributed by atoms with Gasteiger partial charge in [0.15, 0.2) is 0 Å². The number of methoxy groups -OCH3 is 2. The predicted molar refractivity (Wildman–Crippen MR) is 67.4 cm³/mol. The molecule has 3 N–H and O–H groups in total. The third-order valence-corrected chi connectivity index (χ3v) is 3.31. The topological polar surface area (TPSA) is 56.5 Å². The van der Waals surface area contributed by atoms with Gasteiger partial charge in [-0.1, -0.05) is 0 Å². The second-order valence-electron chi connectivity index (χ2n) is 4.42. The second kappa shape index (κ2) is 4.94. The van der Waals surface area contributed by atoms with Crippen LogP contribution in [0, 0.1) is 0 Å². The van der Waals surface area contributed by atoms with Gasteiger partial charge in [0, 0.05) is 35.8 Å². The van der Waals surface area contributed by atoms with E-state index in [4.69, 9.17) is 15.2 Å². The van der Waals surface area contributed by atoms with E-state index < -0.39 is 0 Å². The largest absolute Gasteiger partial charge is 0.496 e. The van der Waals surface area contributed by atoms with E-state index >= 15 is 0 Å². The van der Waals surface area contributed by atoms with Gasteiger partial charge < -0.3 is 20.5 Å². The lowest BCUT2D eigenvalue weighted by atomic mass is 9.92. The minimum Gasteiger partial charge on any atom is -0.496 e. The molecule has 17 heavy (non-hydrogen) atoms. The normalized spacial score (nSPS) is 18.7. The van der Waals surface area contributed by atoms with Crippen LogP contribution in [0.4, 0.5) is 0 Å². The number of ether oxygens (including phenoxy) is 2.